The maximum absolute atomic E-state index is 11.9. The highest BCUT2D eigenvalue weighted by Gasteiger charge is 2.21. The van der Waals surface area contributed by atoms with Crippen molar-refractivity contribution in [2.24, 2.45) is 5.92 Å². The monoisotopic (exact) mass is 280 g/mol. The number of sulfonamides is 1. The molecule has 0 amide bonds. The van der Waals surface area contributed by atoms with E-state index in [1.807, 2.05) is 0 Å². The highest BCUT2D eigenvalue weighted by molar-refractivity contribution is 7.89. The predicted octanol–water partition coefficient (Wildman–Crippen LogP) is 1.62. The molecule has 0 N–H and O–H groups in total. The summed E-state index contributed by atoms with van der Waals surface area (Å²) < 4.78 is 30.0. The minimum atomic E-state index is -3.29. The van der Waals surface area contributed by atoms with Gasteiger partial charge in [-0.05, 0) is 12.8 Å². The molecule has 0 saturated carbocycles. The Hall–Kier alpha value is -0.590. The number of nitrogens with zero attached hydrogens (tertiary/aromatic N) is 2. The van der Waals surface area contributed by atoms with Crippen molar-refractivity contribution in [3.63, 3.8) is 0 Å². The summed E-state index contributed by atoms with van der Waals surface area (Å²) in [5, 5.41) is 3.76. The molecule has 0 aliphatic heterocycles. The lowest BCUT2D eigenvalue weighted by atomic mass is 10.3. The minimum Gasteiger partial charge on any atom is -0.361 e. The molecule has 0 aliphatic carbocycles. The third-order valence-electron chi connectivity index (χ3n) is 2.29. The maximum Gasteiger partial charge on any atom is 0.214 e. The SMILES string of the molecule is Cc1cc(CN(C)S(=O)(=O)CC(C)CCl)no1. The van der Waals surface area contributed by atoms with E-state index >= 15 is 0 Å². The standard InChI is InChI=1S/C10H17ClN2O3S/c1-8(5-11)7-17(14,15)13(3)6-10-4-9(2)16-12-10/h4,8H,5-7H2,1-3H3. The van der Waals surface area contributed by atoms with Gasteiger partial charge in [0.15, 0.2) is 0 Å². The summed E-state index contributed by atoms with van der Waals surface area (Å²) in [6, 6.07) is 1.72. The summed E-state index contributed by atoms with van der Waals surface area (Å²) in [5.74, 6) is 0.975. The van der Waals surface area contributed by atoms with Gasteiger partial charge in [0.2, 0.25) is 10.0 Å². The van der Waals surface area contributed by atoms with Crippen molar-refractivity contribution in [3.05, 3.63) is 17.5 Å². The fourth-order valence-electron chi connectivity index (χ4n) is 1.35. The van der Waals surface area contributed by atoms with Crippen LogP contribution in [0, 0.1) is 12.8 Å². The Morgan fingerprint density at radius 3 is 2.71 bits per heavy atom. The van der Waals surface area contributed by atoms with Crippen LogP contribution in [0.15, 0.2) is 10.6 Å². The molecule has 1 unspecified atom stereocenters. The third kappa shape index (κ3) is 4.29. The van der Waals surface area contributed by atoms with E-state index in [2.05, 4.69) is 5.16 Å². The van der Waals surface area contributed by atoms with Gasteiger partial charge in [-0.2, -0.15) is 4.31 Å². The van der Waals surface area contributed by atoms with E-state index in [9.17, 15) is 8.42 Å². The summed E-state index contributed by atoms with van der Waals surface area (Å²) in [5.41, 5.74) is 0.604. The third-order valence-corrected chi connectivity index (χ3v) is 4.89. The first-order chi connectivity index (χ1) is 7.85. The molecule has 1 aromatic heterocycles. The molecule has 1 aromatic rings. The van der Waals surface area contributed by atoms with Gasteiger partial charge < -0.3 is 4.52 Å². The molecule has 0 spiro atoms. The summed E-state index contributed by atoms with van der Waals surface area (Å²) in [7, 11) is -1.77. The van der Waals surface area contributed by atoms with E-state index in [1.165, 1.54) is 11.4 Å². The van der Waals surface area contributed by atoms with E-state index in [0.29, 0.717) is 17.3 Å². The molecular weight excluding hydrogens is 264 g/mol. The van der Waals surface area contributed by atoms with Crippen molar-refractivity contribution in [1.29, 1.82) is 0 Å². The second-order valence-corrected chi connectivity index (χ2v) is 6.65. The number of rotatable bonds is 6. The first kappa shape index (κ1) is 14.5. The van der Waals surface area contributed by atoms with E-state index in [0.717, 1.165) is 0 Å². The molecule has 1 atom stereocenters. The number of halogens is 1. The lowest BCUT2D eigenvalue weighted by Gasteiger charge is -2.17. The van der Waals surface area contributed by atoms with Crippen molar-refractivity contribution < 1.29 is 12.9 Å². The molecule has 0 bridgehead atoms. The summed E-state index contributed by atoms with van der Waals surface area (Å²) in [4.78, 5) is 0. The van der Waals surface area contributed by atoms with E-state index in [-0.39, 0.29) is 18.2 Å². The quantitative estimate of drug-likeness (QED) is 0.743. The molecule has 98 valence electrons. The molecule has 5 nitrogen and oxygen atoms in total. The Kier molecular flexibility index (Phi) is 4.97. The number of aromatic nitrogens is 1. The van der Waals surface area contributed by atoms with Crippen molar-refractivity contribution in [3.8, 4) is 0 Å². The number of aryl methyl sites for hydroxylation is 1. The van der Waals surface area contributed by atoms with Crippen LogP contribution in [0.4, 0.5) is 0 Å². The highest BCUT2D eigenvalue weighted by Crippen LogP contribution is 2.11. The molecule has 0 fully saturated rings. The number of hydrogen-bond acceptors (Lipinski definition) is 4. The van der Waals surface area contributed by atoms with Gasteiger partial charge in [-0.3, -0.25) is 0 Å². The average molecular weight is 281 g/mol. The Bertz CT molecular complexity index is 458. The van der Waals surface area contributed by atoms with E-state index in [4.69, 9.17) is 16.1 Å². The summed E-state index contributed by atoms with van der Waals surface area (Å²) >= 11 is 5.62. The van der Waals surface area contributed by atoms with Gasteiger partial charge in [0.25, 0.3) is 0 Å². The fourth-order valence-corrected chi connectivity index (χ4v) is 3.01. The highest BCUT2D eigenvalue weighted by atomic mass is 35.5. The molecule has 1 heterocycles. The summed E-state index contributed by atoms with van der Waals surface area (Å²) in [6.45, 7) is 3.79. The number of hydrogen-bond donors (Lipinski definition) is 0. The lowest BCUT2D eigenvalue weighted by Crippen LogP contribution is -2.31. The smallest absolute Gasteiger partial charge is 0.214 e. The van der Waals surface area contributed by atoms with Crippen molar-refractivity contribution in [1.82, 2.24) is 9.46 Å². The van der Waals surface area contributed by atoms with Gasteiger partial charge in [-0.15, -0.1) is 11.6 Å². The topological polar surface area (TPSA) is 63.4 Å². The van der Waals surface area contributed by atoms with Crippen molar-refractivity contribution in [2.75, 3.05) is 18.7 Å². The second-order valence-electron chi connectivity index (χ2n) is 4.22. The zero-order chi connectivity index (χ0) is 13.1. The molecular formula is C10H17ClN2O3S. The largest absolute Gasteiger partial charge is 0.361 e. The summed E-state index contributed by atoms with van der Waals surface area (Å²) in [6.07, 6.45) is 0. The van der Waals surface area contributed by atoms with Gasteiger partial charge in [-0.1, -0.05) is 12.1 Å². The first-order valence-corrected chi connectivity index (χ1v) is 7.41. The Labute approximate surface area is 107 Å². The zero-order valence-corrected chi connectivity index (χ0v) is 11.8. The van der Waals surface area contributed by atoms with Gasteiger partial charge in [0, 0.05) is 19.0 Å². The predicted molar refractivity (Wildman–Crippen MR) is 66.4 cm³/mol. The van der Waals surface area contributed by atoms with Gasteiger partial charge in [0.1, 0.15) is 5.76 Å². The lowest BCUT2D eigenvalue weighted by molar-refractivity contribution is 0.377. The van der Waals surface area contributed by atoms with Crippen LogP contribution in [0.1, 0.15) is 18.4 Å². The van der Waals surface area contributed by atoms with Crippen LogP contribution in [0.2, 0.25) is 0 Å². The fraction of sp³-hybridized carbons (Fsp3) is 0.700. The average Bonchev–Trinajstić information content (AvgIpc) is 2.63. The van der Waals surface area contributed by atoms with Crippen molar-refractivity contribution in [2.45, 2.75) is 20.4 Å². The van der Waals surface area contributed by atoms with Crippen LogP contribution in [0.5, 0.6) is 0 Å². The van der Waals surface area contributed by atoms with Gasteiger partial charge in [0.05, 0.1) is 18.0 Å². The molecule has 0 aliphatic rings. The van der Waals surface area contributed by atoms with Crippen LogP contribution < -0.4 is 0 Å². The van der Waals surface area contributed by atoms with Crippen LogP contribution >= 0.6 is 11.6 Å². The van der Waals surface area contributed by atoms with Gasteiger partial charge >= 0.3 is 0 Å². The molecule has 17 heavy (non-hydrogen) atoms. The van der Waals surface area contributed by atoms with Crippen LogP contribution in [-0.2, 0) is 16.6 Å². The van der Waals surface area contributed by atoms with E-state index < -0.39 is 10.0 Å². The minimum absolute atomic E-state index is 0.0455. The molecule has 0 radical (unpaired) electrons. The first-order valence-electron chi connectivity index (χ1n) is 5.27. The van der Waals surface area contributed by atoms with E-state index in [1.54, 1.807) is 19.9 Å². The van der Waals surface area contributed by atoms with Crippen molar-refractivity contribution >= 4 is 21.6 Å². The van der Waals surface area contributed by atoms with Gasteiger partial charge in [-0.25, -0.2) is 8.42 Å². The van der Waals surface area contributed by atoms with Crippen LogP contribution in [-0.4, -0.2) is 36.6 Å². The van der Waals surface area contributed by atoms with Crippen LogP contribution in [0.25, 0.3) is 0 Å². The van der Waals surface area contributed by atoms with Crippen LogP contribution in [0.3, 0.4) is 0 Å². The molecule has 0 saturated heterocycles. The Morgan fingerprint density at radius 1 is 1.59 bits per heavy atom. The Balaban J connectivity index is 2.66. The molecule has 7 heteroatoms. The maximum atomic E-state index is 11.9. The second kappa shape index (κ2) is 5.84. The Morgan fingerprint density at radius 2 is 2.24 bits per heavy atom. The zero-order valence-electron chi connectivity index (χ0n) is 10.2. The number of alkyl halides is 1. The normalized spacial score (nSPS) is 14.2. The molecule has 0 aromatic carbocycles. The molecule has 1 rings (SSSR count).